The maximum atomic E-state index is 11.8. The molecule has 2 rings (SSSR count). The molecule has 0 aliphatic rings. The molecule has 0 aliphatic heterocycles. The molecule has 1 unspecified atom stereocenters. The van der Waals surface area contributed by atoms with E-state index in [2.05, 4.69) is 22.4 Å². The second-order valence-electron chi connectivity index (χ2n) is 4.70. The van der Waals surface area contributed by atoms with E-state index in [9.17, 15) is 4.79 Å². The first-order chi connectivity index (χ1) is 10.1. The Balaban J connectivity index is 1.91. The average molecular weight is 309 g/mol. The number of furan rings is 1. The fourth-order valence-corrected chi connectivity index (χ4v) is 2.57. The molecule has 21 heavy (non-hydrogen) atoms. The van der Waals surface area contributed by atoms with Crippen molar-refractivity contribution < 1.29 is 9.21 Å². The van der Waals surface area contributed by atoms with Crippen molar-refractivity contribution >= 4 is 17.7 Å². The predicted octanol–water partition coefficient (Wildman–Crippen LogP) is 1.65. The van der Waals surface area contributed by atoms with Gasteiger partial charge in [0.1, 0.15) is 0 Å². The number of rotatable bonds is 7. The molecular formula is C13H19N5O2S. The Morgan fingerprint density at radius 3 is 3.05 bits per heavy atom. The van der Waals surface area contributed by atoms with Gasteiger partial charge in [0.15, 0.2) is 5.76 Å². The van der Waals surface area contributed by atoms with Gasteiger partial charge in [0.2, 0.25) is 16.9 Å². The highest BCUT2D eigenvalue weighted by molar-refractivity contribution is 7.99. The smallest absolute Gasteiger partial charge is 0.230 e. The first-order valence-electron chi connectivity index (χ1n) is 6.78. The van der Waals surface area contributed by atoms with Crippen LogP contribution >= 0.6 is 11.8 Å². The molecule has 1 amide bonds. The van der Waals surface area contributed by atoms with Crippen molar-refractivity contribution in [1.29, 1.82) is 0 Å². The number of amides is 1. The van der Waals surface area contributed by atoms with E-state index in [1.54, 1.807) is 18.4 Å². The average Bonchev–Trinajstić information content (AvgIpc) is 3.06. The van der Waals surface area contributed by atoms with Gasteiger partial charge in [0.05, 0.1) is 12.0 Å². The zero-order chi connectivity index (χ0) is 15.2. The lowest BCUT2D eigenvalue weighted by molar-refractivity contribution is -0.119. The second kappa shape index (κ2) is 7.16. The summed E-state index contributed by atoms with van der Waals surface area (Å²) in [4.78, 5) is 11.8. The number of hydrogen-bond acceptors (Lipinski definition) is 6. The minimum Gasteiger partial charge on any atom is -0.461 e. The number of carbonyl (C=O) groups is 1. The summed E-state index contributed by atoms with van der Waals surface area (Å²) in [6, 6.07) is 3.68. The number of nitrogens with two attached hydrogens (primary N) is 1. The maximum absolute atomic E-state index is 11.8. The molecule has 114 valence electrons. The van der Waals surface area contributed by atoms with E-state index in [0.29, 0.717) is 16.7 Å². The van der Waals surface area contributed by atoms with E-state index >= 15 is 0 Å². The van der Waals surface area contributed by atoms with E-state index in [0.717, 1.165) is 12.8 Å². The van der Waals surface area contributed by atoms with Crippen LogP contribution in [0.3, 0.4) is 0 Å². The van der Waals surface area contributed by atoms with Gasteiger partial charge in [-0.05, 0) is 25.5 Å². The SMILES string of the molecule is CCCC(C)NC(=O)CSc1nnc(-c2ccco2)n1N. The molecule has 0 radical (unpaired) electrons. The molecule has 2 aromatic rings. The van der Waals surface area contributed by atoms with Gasteiger partial charge >= 0.3 is 0 Å². The van der Waals surface area contributed by atoms with Gasteiger partial charge in [-0.25, -0.2) is 4.68 Å². The zero-order valence-corrected chi connectivity index (χ0v) is 12.9. The summed E-state index contributed by atoms with van der Waals surface area (Å²) < 4.78 is 6.55. The molecule has 0 aromatic carbocycles. The molecule has 2 aromatic heterocycles. The Morgan fingerprint density at radius 2 is 2.38 bits per heavy atom. The standard InChI is InChI=1S/C13H19N5O2S/c1-3-5-9(2)15-11(19)8-21-13-17-16-12(18(13)14)10-6-4-7-20-10/h4,6-7,9H,3,5,8,14H2,1-2H3,(H,15,19). The normalized spacial score (nSPS) is 12.3. The number of nitrogen functional groups attached to an aromatic ring is 1. The second-order valence-corrected chi connectivity index (χ2v) is 5.64. The first kappa shape index (κ1) is 15.4. The van der Waals surface area contributed by atoms with E-state index in [1.807, 2.05) is 6.92 Å². The third-order valence-electron chi connectivity index (χ3n) is 2.87. The highest BCUT2D eigenvalue weighted by atomic mass is 32.2. The lowest BCUT2D eigenvalue weighted by atomic mass is 10.2. The van der Waals surface area contributed by atoms with Crippen LogP contribution in [0.2, 0.25) is 0 Å². The highest BCUT2D eigenvalue weighted by Crippen LogP contribution is 2.21. The summed E-state index contributed by atoms with van der Waals surface area (Å²) in [5, 5.41) is 11.3. The van der Waals surface area contributed by atoms with Crippen LogP contribution in [-0.2, 0) is 4.79 Å². The van der Waals surface area contributed by atoms with E-state index in [-0.39, 0.29) is 17.7 Å². The Hall–Kier alpha value is -1.96. The van der Waals surface area contributed by atoms with Gasteiger partial charge in [-0.15, -0.1) is 10.2 Å². The summed E-state index contributed by atoms with van der Waals surface area (Å²) in [5.74, 6) is 7.09. The molecule has 0 fully saturated rings. The van der Waals surface area contributed by atoms with E-state index < -0.39 is 0 Å². The molecule has 7 nitrogen and oxygen atoms in total. The fourth-order valence-electron chi connectivity index (χ4n) is 1.90. The molecule has 8 heteroatoms. The Bertz CT molecular complexity index is 581. The van der Waals surface area contributed by atoms with Crippen LogP contribution in [0.25, 0.3) is 11.6 Å². The third-order valence-corrected chi connectivity index (χ3v) is 3.81. The van der Waals surface area contributed by atoms with Crippen LogP contribution in [0.4, 0.5) is 0 Å². The van der Waals surface area contributed by atoms with Crippen LogP contribution in [0.1, 0.15) is 26.7 Å². The topological polar surface area (TPSA) is 99.0 Å². The van der Waals surface area contributed by atoms with Crippen molar-refractivity contribution in [2.45, 2.75) is 37.9 Å². The summed E-state index contributed by atoms with van der Waals surface area (Å²) >= 11 is 1.24. The molecule has 0 bridgehead atoms. The maximum Gasteiger partial charge on any atom is 0.230 e. The molecule has 0 aliphatic carbocycles. The van der Waals surface area contributed by atoms with Crippen LogP contribution in [0, 0.1) is 0 Å². The molecule has 1 atom stereocenters. The Morgan fingerprint density at radius 1 is 1.57 bits per heavy atom. The van der Waals surface area contributed by atoms with Crippen molar-refractivity contribution in [2.75, 3.05) is 11.6 Å². The number of nitrogens with one attached hydrogen (secondary N) is 1. The van der Waals surface area contributed by atoms with Gasteiger partial charge in [0, 0.05) is 6.04 Å². The first-order valence-corrected chi connectivity index (χ1v) is 7.77. The lowest BCUT2D eigenvalue weighted by Crippen LogP contribution is -2.33. The van der Waals surface area contributed by atoms with Crippen molar-refractivity contribution in [3.05, 3.63) is 18.4 Å². The quantitative estimate of drug-likeness (QED) is 0.596. The monoisotopic (exact) mass is 309 g/mol. The molecule has 2 heterocycles. The van der Waals surface area contributed by atoms with Crippen molar-refractivity contribution in [2.24, 2.45) is 0 Å². The summed E-state index contributed by atoms with van der Waals surface area (Å²) in [6.45, 7) is 4.08. The van der Waals surface area contributed by atoms with Crippen molar-refractivity contribution in [3.8, 4) is 11.6 Å². The van der Waals surface area contributed by atoms with Crippen LogP contribution in [0.15, 0.2) is 28.0 Å². The van der Waals surface area contributed by atoms with Crippen LogP contribution in [-0.4, -0.2) is 32.6 Å². The summed E-state index contributed by atoms with van der Waals surface area (Å²) in [6.07, 6.45) is 3.55. The van der Waals surface area contributed by atoms with Crippen LogP contribution < -0.4 is 11.2 Å². The van der Waals surface area contributed by atoms with Crippen LogP contribution in [0.5, 0.6) is 0 Å². The molecule has 3 N–H and O–H groups in total. The lowest BCUT2D eigenvalue weighted by Gasteiger charge is -2.12. The number of carbonyl (C=O) groups excluding carboxylic acids is 1. The van der Waals surface area contributed by atoms with Crippen molar-refractivity contribution in [1.82, 2.24) is 20.2 Å². The van der Waals surface area contributed by atoms with Crippen molar-refractivity contribution in [3.63, 3.8) is 0 Å². The molecular weight excluding hydrogens is 290 g/mol. The van der Waals surface area contributed by atoms with Gasteiger partial charge < -0.3 is 15.6 Å². The minimum atomic E-state index is -0.0384. The number of aromatic nitrogens is 3. The Kier molecular flexibility index (Phi) is 5.26. The Labute approximate surface area is 127 Å². The largest absolute Gasteiger partial charge is 0.461 e. The third kappa shape index (κ3) is 4.01. The summed E-state index contributed by atoms with van der Waals surface area (Å²) in [7, 11) is 0. The van der Waals surface area contributed by atoms with E-state index in [4.69, 9.17) is 10.3 Å². The van der Waals surface area contributed by atoms with E-state index in [1.165, 1.54) is 16.4 Å². The fraction of sp³-hybridized carbons (Fsp3) is 0.462. The van der Waals surface area contributed by atoms with Gasteiger partial charge in [-0.1, -0.05) is 25.1 Å². The summed E-state index contributed by atoms with van der Waals surface area (Å²) in [5.41, 5.74) is 0. The molecule has 0 spiro atoms. The van der Waals surface area contributed by atoms with Gasteiger partial charge in [-0.2, -0.15) is 0 Å². The molecule has 0 saturated carbocycles. The molecule has 0 saturated heterocycles. The number of hydrogen-bond donors (Lipinski definition) is 2. The van der Waals surface area contributed by atoms with Gasteiger partial charge in [0.25, 0.3) is 0 Å². The van der Waals surface area contributed by atoms with Gasteiger partial charge in [-0.3, -0.25) is 4.79 Å². The zero-order valence-electron chi connectivity index (χ0n) is 12.1. The predicted molar refractivity (Wildman–Crippen MR) is 81.1 cm³/mol. The number of thioether (sulfide) groups is 1. The minimum absolute atomic E-state index is 0.0384. The number of nitrogens with zero attached hydrogens (tertiary/aromatic N) is 3. The highest BCUT2D eigenvalue weighted by Gasteiger charge is 2.15.